The molecule has 1 atom stereocenters. The molecule has 0 aliphatic rings. The molecule has 1 aromatic heterocycles. The van der Waals surface area contributed by atoms with Crippen LogP contribution in [0.1, 0.15) is 17.2 Å². The van der Waals surface area contributed by atoms with Gasteiger partial charge >= 0.3 is 0 Å². The first-order valence-corrected chi connectivity index (χ1v) is 7.41. The van der Waals surface area contributed by atoms with Crippen molar-refractivity contribution in [2.45, 2.75) is 6.04 Å². The quantitative estimate of drug-likeness (QED) is 0.865. The van der Waals surface area contributed by atoms with Crippen molar-refractivity contribution in [3.05, 3.63) is 49.0 Å². The Bertz CT molecular complexity index is 527. The van der Waals surface area contributed by atoms with Crippen LogP contribution < -0.4 is 10.5 Å². The topological polar surface area (TPSA) is 35.2 Å². The van der Waals surface area contributed by atoms with Gasteiger partial charge in [0.2, 0.25) is 0 Å². The van der Waals surface area contributed by atoms with Crippen LogP contribution in [0, 0.1) is 0 Å². The van der Waals surface area contributed by atoms with E-state index in [-0.39, 0.29) is 6.04 Å². The molecular formula is C12H11Br2NOS. The van der Waals surface area contributed by atoms with Gasteiger partial charge in [0.15, 0.2) is 0 Å². The molecule has 0 bridgehead atoms. The van der Waals surface area contributed by atoms with Gasteiger partial charge in [-0.05, 0) is 51.1 Å². The molecule has 2 N–H and O–H groups in total. The fraction of sp³-hybridized carbons (Fsp3) is 0.167. The fourth-order valence-electron chi connectivity index (χ4n) is 1.61. The molecule has 0 radical (unpaired) electrons. The van der Waals surface area contributed by atoms with Crippen molar-refractivity contribution >= 4 is 43.2 Å². The molecule has 0 aliphatic carbocycles. The third-order valence-electron chi connectivity index (χ3n) is 2.47. The molecule has 5 heteroatoms. The summed E-state index contributed by atoms with van der Waals surface area (Å²) in [6.07, 6.45) is 0. The third kappa shape index (κ3) is 2.91. The minimum atomic E-state index is -0.176. The number of rotatable bonds is 3. The highest BCUT2D eigenvalue weighted by molar-refractivity contribution is 9.11. The van der Waals surface area contributed by atoms with Crippen LogP contribution in [0.2, 0.25) is 0 Å². The van der Waals surface area contributed by atoms with Gasteiger partial charge in [-0.3, -0.25) is 0 Å². The average molecular weight is 377 g/mol. The van der Waals surface area contributed by atoms with E-state index in [1.807, 2.05) is 24.3 Å². The maximum absolute atomic E-state index is 6.26. The largest absolute Gasteiger partial charge is 0.496 e. The minimum Gasteiger partial charge on any atom is -0.496 e. The van der Waals surface area contributed by atoms with Gasteiger partial charge < -0.3 is 10.5 Å². The number of hydrogen-bond acceptors (Lipinski definition) is 3. The van der Waals surface area contributed by atoms with Gasteiger partial charge in [0.25, 0.3) is 0 Å². The average Bonchev–Trinajstić information content (AvgIpc) is 2.75. The molecule has 0 saturated carbocycles. The summed E-state index contributed by atoms with van der Waals surface area (Å²) in [6, 6.07) is 7.72. The molecule has 1 aromatic carbocycles. The number of thiophene rings is 1. The van der Waals surface area contributed by atoms with Crippen LogP contribution in [-0.2, 0) is 0 Å². The first-order valence-electron chi connectivity index (χ1n) is 4.94. The zero-order valence-corrected chi connectivity index (χ0v) is 13.1. The standard InChI is InChI=1S/C12H11Br2NOS/c1-16-10-3-2-8(13)5-9(10)12(15)7-4-11(14)17-6-7/h2-6,12H,15H2,1H3. The van der Waals surface area contributed by atoms with Crippen LogP contribution in [-0.4, -0.2) is 7.11 Å². The molecule has 17 heavy (non-hydrogen) atoms. The molecule has 0 aliphatic heterocycles. The first kappa shape index (κ1) is 13.1. The summed E-state index contributed by atoms with van der Waals surface area (Å²) in [6.45, 7) is 0. The lowest BCUT2D eigenvalue weighted by Gasteiger charge is -2.15. The van der Waals surface area contributed by atoms with Crippen LogP contribution in [0.15, 0.2) is 37.9 Å². The van der Waals surface area contributed by atoms with E-state index in [4.69, 9.17) is 10.5 Å². The van der Waals surface area contributed by atoms with E-state index < -0.39 is 0 Å². The molecule has 1 unspecified atom stereocenters. The Morgan fingerprint density at radius 2 is 2.06 bits per heavy atom. The molecule has 2 rings (SSSR count). The molecule has 2 nitrogen and oxygen atoms in total. The third-order valence-corrected chi connectivity index (χ3v) is 4.49. The zero-order chi connectivity index (χ0) is 12.4. The van der Waals surface area contributed by atoms with E-state index in [9.17, 15) is 0 Å². The van der Waals surface area contributed by atoms with Crippen LogP contribution in [0.4, 0.5) is 0 Å². The van der Waals surface area contributed by atoms with Gasteiger partial charge in [-0.2, -0.15) is 0 Å². The summed E-state index contributed by atoms with van der Waals surface area (Å²) in [5.74, 6) is 0.808. The van der Waals surface area contributed by atoms with Crippen LogP contribution in [0.3, 0.4) is 0 Å². The Hall–Kier alpha value is -0.360. The Labute approximate surface area is 121 Å². The summed E-state index contributed by atoms with van der Waals surface area (Å²) in [4.78, 5) is 0. The lowest BCUT2D eigenvalue weighted by atomic mass is 10.0. The number of ether oxygens (including phenoxy) is 1. The molecule has 0 fully saturated rings. The maximum atomic E-state index is 6.26. The van der Waals surface area contributed by atoms with E-state index in [1.54, 1.807) is 18.4 Å². The highest BCUT2D eigenvalue weighted by atomic mass is 79.9. The smallest absolute Gasteiger partial charge is 0.124 e. The van der Waals surface area contributed by atoms with E-state index >= 15 is 0 Å². The van der Waals surface area contributed by atoms with Crippen molar-refractivity contribution in [2.24, 2.45) is 5.73 Å². The number of methoxy groups -OCH3 is 1. The monoisotopic (exact) mass is 375 g/mol. The first-order chi connectivity index (χ1) is 8.11. The molecule has 0 spiro atoms. The van der Waals surface area contributed by atoms with Gasteiger partial charge in [0.1, 0.15) is 5.75 Å². The fourth-order valence-corrected chi connectivity index (χ4v) is 3.21. The number of hydrogen-bond donors (Lipinski definition) is 1. The summed E-state index contributed by atoms with van der Waals surface area (Å²) in [7, 11) is 1.66. The zero-order valence-electron chi connectivity index (χ0n) is 9.11. The van der Waals surface area contributed by atoms with Crippen LogP contribution in [0.5, 0.6) is 5.75 Å². The van der Waals surface area contributed by atoms with Gasteiger partial charge in [-0.25, -0.2) is 0 Å². The normalized spacial score (nSPS) is 12.5. The van der Waals surface area contributed by atoms with E-state index in [0.29, 0.717) is 0 Å². The lowest BCUT2D eigenvalue weighted by Crippen LogP contribution is -2.12. The molecule has 0 amide bonds. The predicted molar refractivity (Wildman–Crippen MR) is 78.7 cm³/mol. The Morgan fingerprint density at radius 3 is 2.65 bits per heavy atom. The Balaban J connectivity index is 2.42. The van der Waals surface area contributed by atoms with E-state index in [2.05, 4.69) is 37.2 Å². The second-order valence-corrected chi connectivity index (χ2v) is 6.75. The second kappa shape index (κ2) is 5.52. The SMILES string of the molecule is COc1ccc(Br)cc1C(N)c1csc(Br)c1. The summed E-state index contributed by atoms with van der Waals surface area (Å²) in [5.41, 5.74) is 8.32. The second-order valence-electron chi connectivity index (χ2n) is 3.55. The number of halogens is 2. The van der Waals surface area contributed by atoms with Crippen molar-refractivity contribution in [1.82, 2.24) is 0 Å². The van der Waals surface area contributed by atoms with Crippen molar-refractivity contribution < 1.29 is 4.74 Å². The minimum absolute atomic E-state index is 0.176. The number of benzene rings is 1. The van der Waals surface area contributed by atoms with Gasteiger partial charge in [-0.1, -0.05) is 15.9 Å². The van der Waals surface area contributed by atoms with Crippen molar-refractivity contribution in [3.63, 3.8) is 0 Å². The van der Waals surface area contributed by atoms with Gasteiger partial charge in [0, 0.05) is 10.0 Å². The van der Waals surface area contributed by atoms with E-state index in [1.165, 1.54) is 0 Å². The van der Waals surface area contributed by atoms with Crippen LogP contribution in [0.25, 0.3) is 0 Å². The number of nitrogens with two attached hydrogens (primary N) is 1. The predicted octanol–water partition coefficient (Wildman–Crippen LogP) is 4.33. The van der Waals surface area contributed by atoms with Crippen molar-refractivity contribution in [3.8, 4) is 5.75 Å². The summed E-state index contributed by atoms with van der Waals surface area (Å²) < 4.78 is 7.42. The Kier molecular flexibility index (Phi) is 4.25. The molecule has 1 heterocycles. The molecule has 90 valence electrons. The maximum Gasteiger partial charge on any atom is 0.124 e. The van der Waals surface area contributed by atoms with Crippen molar-refractivity contribution in [2.75, 3.05) is 7.11 Å². The van der Waals surface area contributed by atoms with Gasteiger partial charge in [-0.15, -0.1) is 11.3 Å². The highest BCUT2D eigenvalue weighted by Gasteiger charge is 2.15. The molecule has 0 saturated heterocycles. The lowest BCUT2D eigenvalue weighted by molar-refractivity contribution is 0.408. The van der Waals surface area contributed by atoms with E-state index in [0.717, 1.165) is 25.1 Å². The van der Waals surface area contributed by atoms with Crippen molar-refractivity contribution in [1.29, 1.82) is 0 Å². The summed E-state index contributed by atoms with van der Waals surface area (Å²) >= 11 is 8.53. The molecular weight excluding hydrogens is 366 g/mol. The molecule has 2 aromatic rings. The highest BCUT2D eigenvalue weighted by Crippen LogP contribution is 2.33. The Morgan fingerprint density at radius 1 is 1.29 bits per heavy atom. The van der Waals surface area contributed by atoms with Crippen LogP contribution >= 0.6 is 43.2 Å². The summed E-state index contributed by atoms with van der Waals surface area (Å²) in [5, 5.41) is 2.05. The van der Waals surface area contributed by atoms with Gasteiger partial charge in [0.05, 0.1) is 16.9 Å².